The SMILES string of the molecule is NNC(=O)COCCC(F)(F)F. The summed E-state index contributed by atoms with van der Waals surface area (Å²) in [7, 11) is 0. The summed E-state index contributed by atoms with van der Waals surface area (Å²) in [6, 6.07) is 0. The second-order valence-electron chi connectivity index (χ2n) is 1.99. The molecule has 0 aliphatic carbocycles. The molecule has 72 valence electrons. The number of nitrogens with one attached hydrogen (secondary N) is 1. The van der Waals surface area contributed by atoms with Gasteiger partial charge in [0.15, 0.2) is 0 Å². The van der Waals surface area contributed by atoms with Crippen LogP contribution in [0.1, 0.15) is 6.42 Å². The Hall–Kier alpha value is -0.820. The van der Waals surface area contributed by atoms with E-state index < -0.39 is 31.7 Å². The molecule has 1 amide bonds. The van der Waals surface area contributed by atoms with Crippen LogP contribution in [0.15, 0.2) is 0 Å². The van der Waals surface area contributed by atoms with Gasteiger partial charge in [-0.15, -0.1) is 0 Å². The third-order valence-corrected chi connectivity index (χ3v) is 0.924. The van der Waals surface area contributed by atoms with E-state index in [4.69, 9.17) is 0 Å². The molecule has 0 rings (SSSR count). The van der Waals surface area contributed by atoms with Gasteiger partial charge in [0.25, 0.3) is 5.91 Å². The summed E-state index contributed by atoms with van der Waals surface area (Å²) >= 11 is 0. The molecule has 0 unspecified atom stereocenters. The molecular formula is C5H9F3N2O2. The highest BCUT2D eigenvalue weighted by Gasteiger charge is 2.26. The third kappa shape index (κ3) is 7.29. The summed E-state index contributed by atoms with van der Waals surface area (Å²) in [5.74, 6) is 3.98. The Kier molecular flexibility index (Phi) is 4.60. The summed E-state index contributed by atoms with van der Waals surface area (Å²) < 4.78 is 38.7. The van der Waals surface area contributed by atoms with Crippen molar-refractivity contribution >= 4 is 5.91 Å². The second-order valence-corrected chi connectivity index (χ2v) is 1.99. The molecule has 12 heavy (non-hydrogen) atoms. The van der Waals surface area contributed by atoms with Gasteiger partial charge < -0.3 is 4.74 Å². The van der Waals surface area contributed by atoms with Gasteiger partial charge in [0.2, 0.25) is 0 Å². The van der Waals surface area contributed by atoms with Crippen LogP contribution in [0.3, 0.4) is 0 Å². The number of ether oxygens (including phenoxy) is 1. The summed E-state index contributed by atoms with van der Waals surface area (Å²) in [6.45, 7) is -0.983. The molecule has 0 radical (unpaired) electrons. The van der Waals surface area contributed by atoms with E-state index in [0.717, 1.165) is 0 Å². The molecule has 0 aliphatic rings. The normalized spacial score (nSPS) is 11.3. The summed E-state index contributed by atoms with van der Waals surface area (Å²) in [6.07, 6.45) is -5.32. The van der Waals surface area contributed by atoms with E-state index >= 15 is 0 Å². The number of halogens is 3. The van der Waals surface area contributed by atoms with E-state index in [2.05, 4.69) is 10.6 Å². The van der Waals surface area contributed by atoms with Crippen LogP contribution in [0, 0.1) is 0 Å². The van der Waals surface area contributed by atoms with E-state index in [-0.39, 0.29) is 0 Å². The van der Waals surface area contributed by atoms with Gasteiger partial charge in [-0.3, -0.25) is 10.2 Å². The number of hydrazine groups is 1. The molecule has 0 atom stereocenters. The number of carbonyl (C=O) groups excluding carboxylic acids is 1. The van der Waals surface area contributed by atoms with Crippen molar-refractivity contribution in [2.45, 2.75) is 12.6 Å². The van der Waals surface area contributed by atoms with Crippen LogP contribution in [0.25, 0.3) is 0 Å². The molecule has 3 N–H and O–H groups in total. The molecular weight excluding hydrogens is 177 g/mol. The molecule has 0 aliphatic heterocycles. The number of rotatable bonds is 4. The maximum absolute atomic E-state index is 11.5. The number of alkyl halides is 3. The van der Waals surface area contributed by atoms with Crippen LogP contribution in [0.2, 0.25) is 0 Å². The van der Waals surface area contributed by atoms with Crippen molar-refractivity contribution in [3.8, 4) is 0 Å². The molecule has 4 nitrogen and oxygen atoms in total. The lowest BCUT2D eigenvalue weighted by molar-refractivity contribution is -0.148. The highest BCUT2D eigenvalue weighted by Crippen LogP contribution is 2.18. The first-order chi connectivity index (χ1) is 5.45. The van der Waals surface area contributed by atoms with Crippen molar-refractivity contribution in [1.29, 1.82) is 0 Å². The monoisotopic (exact) mass is 186 g/mol. The number of amides is 1. The molecule has 0 spiro atoms. The zero-order chi connectivity index (χ0) is 9.61. The van der Waals surface area contributed by atoms with Crippen LogP contribution in [-0.2, 0) is 9.53 Å². The van der Waals surface area contributed by atoms with Gasteiger partial charge >= 0.3 is 6.18 Å². The predicted molar refractivity (Wildman–Crippen MR) is 33.8 cm³/mol. The van der Waals surface area contributed by atoms with Gasteiger partial charge in [0.1, 0.15) is 6.61 Å². The van der Waals surface area contributed by atoms with Gasteiger partial charge in [0, 0.05) is 0 Å². The molecule has 0 fully saturated rings. The Morgan fingerprint density at radius 1 is 1.50 bits per heavy atom. The van der Waals surface area contributed by atoms with Gasteiger partial charge in [-0.2, -0.15) is 13.2 Å². The third-order valence-electron chi connectivity index (χ3n) is 0.924. The summed E-state index contributed by atoms with van der Waals surface area (Å²) in [5.41, 5.74) is 1.72. The van der Waals surface area contributed by atoms with Gasteiger partial charge in [-0.25, -0.2) is 5.84 Å². The smallest absolute Gasteiger partial charge is 0.371 e. The number of carbonyl (C=O) groups is 1. The fourth-order valence-corrected chi connectivity index (χ4v) is 0.394. The first-order valence-electron chi connectivity index (χ1n) is 3.09. The van der Waals surface area contributed by atoms with Crippen LogP contribution in [0.5, 0.6) is 0 Å². The fraction of sp³-hybridized carbons (Fsp3) is 0.800. The van der Waals surface area contributed by atoms with E-state index in [1.807, 2.05) is 0 Å². The predicted octanol–water partition coefficient (Wildman–Crippen LogP) is -0.0547. The number of nitrogens with two attached hydrogens (primary N) is 1. The Bertz CT molecular complexity index is 148. The van der Waals surface area contributed by atoms with Crippen molar-refractivity contribution in [3.05, 3.63) is 0 Å². The van der Waals surface area contributed by atoms with E-state index in [0.29, 0.717) is 0 Å². The molecule has 0 aromatic rings. The molecule has 0 heterocycles. The lowest BCUT2D eigenvalue weighted by atomic mass is 10.4. The van der Waals surface area contributed by atoms with Crippen molar-refractivity contribution in [1.82, 2.24) is 5.43 Å². The highest BCUT2D eigenvalue weighted by molar-refractivity contribution is 5.76. The van der Waals surface area contributed by atoms with E-state index in [1.54, 1.807) is 5.43 Å². The molecule has 7 heteroatoms. The number of hydrogen-bond donors (Lipinski definition) is 2. The highest BCUT2D eigenvalue weighted by atomic mass is 19.4. The minimum atomic E-state index is -4.25. The van der Waals surface area contributed by atoms with E-state index in [1.165, 1.54) is 0 Å². The molecule has 0 saturated carbocycles. The van der Waals surface area contributed by atoms with Gasteiger partial charge in [-0.1, -0.05) is 0 Å². The van der Waals surface area contributed by atoms with Gasteiger partial charge in [-0.05, 0) is 0 Å². The van der Waals surface area contributed by atoms with Crippen LogP contribution in [-0.4, -0.2) is 25.3 Å². The second kappa shape index (κ2) is 4.94. The quantitative estimate of drug-likeness (QED) is 0.280. The lowest BCUT2D eigenvalue weighted by Gasteiger charge is -2.05. The topological polar surface area (TPSA) is 64.3 Å². The van der Waals surface area contributed by atoms with Crippen molar-refractivity contribution in [3.63, 3.8) is 0 Å². The van der Waals surface area contributed by atoms with Gasteiger partial charge in [0.05, 0.1) is 13.0 Å². The van der Waals surface area contributed by atoms with Crippen molar-refractivity contribution in [2.75, 3.05) is 13.2 Å². The van der Waals surface area contributed by atoms with Crippen LogP contribution < -0.4 is 11.3 Å². The van der Waals surface area contributed by atoms with Crippen molar-refractivity contribution < 1.29 is 22.7 Å². The van der Waals surface area contributed by atoms with E-state index in [9.17, 15) is 18.0 Å². The first-order valence-corrected chi connectivity index (χ1v) is 3.09. The molecule has 0 saturated heterocycles. The standard InChI is InChI=1S/C5H9F3N2O2/c6-5(7,8)1-2-12-3-4(11)10-9/h1-3,9H2,(H,10,11). The Morgan fingerprint density at radius 3 is 2.50 bits per heavy atom. The van der Waals surface area contributed by atoms with Crippen molar-refractivity contribution in [2.24, 2.45) is 5.84 Å². The fourth-order valence-electron chi connectivity index (χ4n) is 0.394. The van der Waals surface area contributed by atoms with Crippen LogP contribution in [0.4, 0.5) is 13.2 Å². The zero-order valence-corrected chi connectivity index (χ0v) is 6.15. The Morgan fingerprint density at radius 2 is 2.08 bits per heavy atom. The molecule has 0 aromatic heterocycles. The minimum absolute atomic E-state index is 0.452. The average molecular weight is 186 g/mol. The Labute approximate surface area is 66.8 Å². The molecule has 0 bridgehead atoms. The largest absolute Gasteiger partial charge is 0.391 e. The first kappa shape index (κ1) is 11.2. The number of hydrogen-bond acceptors (Lipinski definition) is 3. The maximum atomic E-state index is 11.5. The van der Waals surface area contributed by atoms with Crippen LogP contribution >= 0.6 is 0 Å². The summed E-state index contributed by atoms with van der Waals surface area (Å²) in [5, 5.41) is 0. The minimum Gasteiger partial charge on any atom is -0.371 e. The summed E-state index contributed by atoms with van der Waals surface area (Å²) in [4.78, 5) is 10.3. The molecule has 0 aromatic carbocycles. The Balaban J connectivity index is 3.28. The maximum Gasteiger partial charge on any atom is 0.391 e. The zero-order valence-electron chi connectivity index (χ0n) is 6.15. The lowest BCUT2D eigenvalue weighted by Crippen LogP contribution is -2.33. The average Bonchev–Trinajstić information content (AvgIpc) is 1.96.